The van der Waals surface area contributed by atoms with Gasteiger partial charge in [-0.2, -0.15) is 5.26 Å². The fraction of sp³-hybridized carbons (Fsp3) is 0.429. The predicted molar refractivity (Wildman–Crippen MR) is 73.8 cm³/mol. The zero-order valence-electron chi connectivity index (χ0n) is 11.4. The van der Waals surface area contributed by atoms with Crippen molar-refractivity contribution in [1.29, 1.82) is 5.26 Å². The molecule has 2 amide bonds. The molecule has 0 aliphatic carbocycles. The van der Waals surface area contributed by atoms with Gasteiger partial charge in [0.05, 0.1) is 24.1 Å². The third-order valence-electron chi connectivity index (χ3n) is 2.80. The summed E-state index contributed by atoms with van der Waals surface area (Å²) in [7, 11) is 0. The Morgan fingerprint density at radius 3 is 2.47 bits per heavy atom. The summed E-state index contributed by atoms with van der Waals surface area (Å²) in [6.07, 6.45) is 0. The molecular formula is C14H19N3O2. The van der Waals surface area contributed by atoms with E-state index in [9.17, 15) is 4.79 Å². The van der Waals surface area contributed by atoms with Crippen molar-refractivity contribution in [2.75, 3.05) is 11.9 Å². The fourth-order valence-corrected chi connectivity index (χ4v) is 1.47. The molecular weight excluding hydrogens is 242 g/mol. The lowest BCUT2D eigenvalue weighted by Crippen LogP contribution is -2.38. The van der Waals surface area contributed by atoms with Crippen LogP contribution in [0.2, 0.25) is 0 Å². The molecule has 0 saturated carbocycles. The summed E-state index contributed by atoms with van der Waals surface area (Å²) < 4.78 is 0. The minimum Gasteiger partial charge on any atom is -0.394 e. The molecule has 1 aromatic rings. The van der Waals surface area contributed by atoms with Gasteiger partial charge >= 0.3 is 6.03 Å². The van der Waals surface area contributed by atoms with Gasteiger partial charge in [-0.05, 0) is 38.5 Å². The fourth-order valence-electron chi connectivity index (χ4n) is 1.47. The van der Waals surface area contributed by atoms with E-state index in [0.29, 0.717) is 5.69 Å². The van der Waals surface area contributed by atoms with Crippen molar-refractivity contribution in [3.63, 3.8) is 0 Å². The van der Waals surface area contributed by atoms with Crippen LogP contribution in [0.4, 0.5) is 10.5 Å². The number of anilines is 1. The van der Waals surface area contributed by atoms with Crippen molar-refractivity contribution in [3.8, 4) is 6.07 Å². The number of urea groups is 1. The Bertz CT molecular complexity index is 474. The second-order valence-electron chi connectivity index (χ2n) is 5.00. The molecule has 19 heavy (non-hydrogen) atoms. The number of benzene rings is 1. The molecule has 0 aromatic heterocycles. The number of nitriles is 1. The molecule has 0 spiro atoms. The normalized spacial score (nSPS) is 12.4. The van der Waals surface area contributed by atoms with Gasteiger partial charge in [-0.3, -0.25) is 0 Å². The Balaban J connectivity index is 2.68. The number of hydrogen-bond acceptors (Lipinski definition) is 3. The molecule has 102 valence electrons. The van der Waals surface area contributed by atoms with E-state index in [0.717, 1.165) is 5.56 Å². The first-order valence-electron chi connectivity index (χ1n) is 6.09. The number of carbonyl (C=O) groups is 1. The summed E-state index contributed by atoms with van der Waals surface area (Å²) in [6, 6.07) is 8.69. The van der Waals surface area contributed by atoms with E-state index < -0.39 is 5.41 Å². The molecule has 5 heteroatoms. The first-order chi connectivity index (χ1) is 8.89. The zero-order valence-corrected chi connectivity index (χ0v) is 11.4. The van der Waals surface area contributed by atoms with E-state index in [1.54, 1.807) is 19.1 Å². The summed E-state index contributed by atoms with van der Waals surface area (Å²) in [5, 5.41) is 23.1. The van der Waals surface area contributed by atoms with Crippen molar-refractivity contribution in [1.82, 2.24) is 5.32 Å². The standard InChI is InChI=1S/C14H19N3O2/c1-10(8-18)16-13(19)17-12-6-4-11(5-7-12)14(2,3)9-15/h4-7,10,18H,8H2,1-3H3,(H2,16,17,19)/t10-/m0/s1. The van der Waals surface area contributed by atoms with Crippen molar-refractivity contribution < 1.29 is 9.90 Å². The first-order valence-corrected chi connectivity index (χ1v) is 6.09. The molecule has 0 saturated heterocycles. The first kappa shape index (κ1) is 15.0. The van der Waals surface area contributed by atoms with Crippen molar-refractivity contribution in [2.24, 2.45) is 0 Å². The average Bonchev–Trinajstić information content (AvgIpc) is 2.39. The molecule has 3 N–H and O–H groups in total. The molecule has 1 aromatic carbocycles. The molecule has 1 atom stereocenters. The molecule has 0 radical (unpaired) electrons. The topological polar surface area (TPSA) is 85.2 Å². The maximum atomic E-state index is 11.5. The van der Waals surface area contributed by atoms with Crippen LogP contribution in [0.5, 0.6) is 0 Å². The molecule has 0 heterocycles. The number of aliphatic hydroxyl groups excluding tert-OH is 1. The van der Waals surface area contributed by atoms with Gasteiger partial charge in [0.25, 0.3) is 0 Å². The minimum absolute atomic E-state index is 0.108. The van der Waals surface area contributed by atoms with Crippen LogP contribution in [-0.4, -0.2) is 23.8 Å². The lowest BCUT2D eigenvalue weighted by Gasteiger charge is -2.16. The van der Waals surface area contributed by atoms with E-state index in [1.165, 1.54) is 0 Å². The molecule has 0 fully saturated rings. The lowest BCUT2D eigenvalue weighted by atomic mass is 9.86. The largest absolute Gasteiger partial charge is 0.394 e. The lowest BCUT2D eigenvalue weighted by molar-refractivity contribution is 0.229. The second kappa shape index (κ2) is 6.21. The second-order valence-corrected chi connectivity index (χ2v) is 5.00. The molecule has 0 aliphatic heterocycles. The van der Waals surface area contributed by atoms with E-state index >= 15 is 0 Å². The van der Waals surface area contributed by atoms with Crippen LogP contribution in [0.1, 0.15) is 26.3 Å². The monoisotopic (exact) mass is 261 g/mol. The molecule has 1 rings (SSSR count). The number of aliphatic hydroxyl groups is 1. The zero-order chi connectivity index (χ0) is 14.5. The Hall–Kier alpha value is -2.06. The van der Waals surface area contributed by atoms with Gasteiger partial charge in [-0.15, -0.1) is 0 Å². The summed E-state index contributed by atoms with van der Waals surface area (Å²) in [5.41, 5.74) is 0.983. The van der Waals surface area contributed by atoms with Gasteiger partial charge < -0.3 is 15.7 Å². The number of rotatable bonds is 4. The predicted octanol–water partition coefficient (Wildman–Crippen LogP) is 1.99. The van der Waals surface area contributed by atoms with Gasteiger partial charge in [0.15, 0.2) is 0 Å². The van der Waals surface area contributed by atoms with Crippen molar-refractivity contribution in [2.45, 2.75) is 32.2 Å². The van der Waals surface area contributed by atoms with Crippen LogP contribution in [0.3, 0.4) is 0 Å². The highest BCUT2D eigenvalue weighted by Gasteiger charge is 2.19. The van der Waals surface area contributed by atoms with Gasteiger partial charge in [0.2, 0.25) is 0 Å². The summed E-state index contributed by atoms with van der Waals surface area (Å²) in [4.78, 5) is 11.5. The molecule has 0 bridgehead atoms. The molecule has 5 nitrogen and oxygen atoms in total. The quantitative estimate of drug-likeness (QED) is 0.774. The Morgan fingerprint density at radius 2 is 2.00 bits per heavy atom. The van der Waals surface area contributed by atoms with Crippen LogP contribution in [-0.2, 0) is 5.41 Å². The highest BCUT2D eigenvalue weighted by molar-refractivity contribution is 5.89. The minimum atomic E-state index is -0.549. The van der Waals surface area contributed by atoms with E-state index in [4.69, 9.17) is 10.4 Å². The summed E-state index contributed by atoms with van der Waals surface area (Å²) in [6.45, 7) is 5.27. The smallest absolute Gasteiger partial charge is 0.319 e. The maximum absolute atomic E-state index is 11.5. The average molecular weight is 261 g/mol. The number of carbonyl (C=O) groups excluding carboxylic acids is 1. The van der Waals surface area contributed by atoms with Crippen LogP contribution in [0, 0.1) is 11.3 Å². The maximum Gasteiger partial charge on any atom is 0.319 e. The van der Waals surface area contributed by atoms with Gasteiger partial charge in [-0.1, -0.05) is 12.1 Å². The van der Waals surface area contributed by atoms with E-state index in [2.05, 4.69) is 16.7 Å². The van der Waals surface area contributed by atoms with E-state index in [1.807, 2.05) is 26.0 Å². The summed E-state index contributed by atoms with van der Waals surface area (Å²) >= 11 is 0. The van der Waals surface area contributed by atoms with Gasteiger partial charge in [0, 0.05) is 5.69 Å². The van der Waals surface area contributed by atoms with Gasteiger partial charge in [-0.25, -0.2) is 4.79 Å². The molecule has 0 aliphatic rings. The van der Waals surface area contributed by atoms with Crippen LogP contribution >= 0.6 is 0 Å². The molecule has 0 unspecified atom stereocenters. The summed E-state index contributed by atoms with van der Waals surface area (Å²) in [5.74, 6) is 0. The number of nitrogens with zero attached hydrogens (tertiary/aromatic N) is 1. The third kappa shape index (κ3) is 4.27. The third-order valence-corrected chi connectivity index (χ3v) is 2.80. The number of amides is 2. The highest BCUT2D eigenvalue weighted by Crippen LogP contribution is 2.23. The van der Waals surface area contributed by atoms with Crippen molar-refractivity contribution in [3.05, 3.63) is 29.8 Å². The number of hydrogen-bond donors (Lipinski definition) is 3. The van der Waals surface area contributed by atoms with Gasteiger partial charge in [0.1, 0.15) is 0 Å². The number of nitrogens with one attached hydrogen (secondary N) is 2. The van der Waals surface area contributed by atoms with E-state index in [-0.39, 0.29) is 18.7 Å². The van der Waals surface area contributed by atoms with Crippen LogP contribution in [0.15, 0.2) is 24.3 Å². The van der Waals surface area contributed by atoms with Crippen LogP contribution < -0.4 is 10.6 Å². The highest BCUT2D eigenvalue weighted by atomic mass is 16.3. The van der Waals surface area contributed by atoms with Crippen molar-refractivity contribution >= 4 is 11.7 Å². The Labute approximate surface area is 113 Å². The van der Waals surface area contributed by atoms with Crippen LogP contribution in [0.25, 0.3) is 0 Å². The Kier molecular flexibility index (Phi) is 4.90. The Morgan fingerprint density at radius 1 is 1.42 bits per heavy atom. The SMILES string of the molecule is C[C@@H](CO)NC(=O)Nc1ccc(C(C)(C)C#N)cc1.